The molecule has 0 radical (unpaired) electrons. The van der Waals surface area contributed by atoms with Gasteiger partial charge in [-0.2, -0.15) is 0 Å². The average molecular weight is 375 g/mol. The third-order valence-corrected chi connectivity index (χ3v) is 5.13. The van der Waals surface area contributed by atoms with Crippen LogP contribution in [0.15, 0.2) is 54.6 Å². The van der Waals surface area contributed by atoms with Crippen molar-refractivity contribution in [2.75, 3.05) is 13.7 Å². The second-order valence-corrected chi connectivity index (χ2v) is 6.69. The number of rotatable bonds is 5. The number of hydrogen-bond donors (Lipinski definition) is 1. The van der Waals surface area contributed by atoms with Crippen molar-refractivity contribution in [2.24, 2.45) is 11.7 Å². The Bertz CT molecular complexity index is 723. The summed E-state index contributed by atoms with van der Waals surface area (Å²) in [5, 5.41) is 0. The fourth-order valence-corrected chi connectivity index (χ4v) is 3.60. The molecule has 1 heterocycles. The van der Waals surface area contributed by atoms with E-state index in [1.165, 1.54) is 0 Å². The summed E-state index contributed by atoms with van der Waals surface area (Å²) in [6, 6.07) is 17.7. The van der Waals surface area contributed by atoms with Crippen molar-refractivity contribution >= 4 is 18.3 Å². The van der Waals surface area contributed by atoms with E-state index in [1.807, 2.05) is 60.4 Å². The molecule has 140 valence electrons. The number of ether oxygens (including phenoxy) is 1. The molecule has 1 saturated heterocycles. The van der Waals surface area contributed by atoms with Gasteiger partial charge in [0.2, 0.25) is 5.91 Å². The highest BCUT2D eigenvalue weighted by Gasteiger charge is 2.34. The summed E-state index contributed by atoms with van der Waals surface area (Å²) in [5.74, 6) is 0.695. The lowest BCUT2D eigenvalue weighted by molar-refractivity contribution is -0.136. The second kappa shape index (κ2) is 9.06. The van der Waals surface area contributed by atoms with Gasteiger partial charge < -0.3 is 15.4 Å². The molecule has 2 N–H and O–H groups in total. The van der Waals surface area contributed by atoms with Crippen molar-refractivity contribution in [3.05, 3.63) is 65.7 Å². The van der Waals surface area contributed by atoms with Crippen molar-refractivity contribution < 1.29 is 9.53 Å². The summed E-state index contributed by atoms with van der Waals surface area (Å²) in [7, 11) is 1.66. The van der Waals surface area contributed by atoms with Gasteiger partial charge in [0.05, 0.1) is 19.1 Å². The molecule has 0 spiro atoms. The van der Waals surface area contributed by atoms with Crippen LogP contribution in [0, 0.1) is 5.92 Å². The summed E-state index contributed by atoms with van der Waals surface area (Å²) in [6.07, 6.45) is 1.99. The molecule has 0 bridgehead atoms. The number of benzene rings is 2. The third-order valence-electron chi connectivity index (χ3n) is 5.13. The van der Waals surface area contributed by atoms with Crippen molar-refractivity contribution in [3.8, 4) is 5.75 Å². The van der Waals surface area contributed by atoms with Crippen LogP contribution in [0.25, 0.3) is 0 Å². The molecule has 1 aliphatic rings. The Hall–Kier alpha value is -2.04. The normalized spacial score (nSPS) is 18.7. The third kappa shape index (κ3) is 4.19. The van der Waals surface area contributed by atoms with Crippen LogP contribution in [-0.4, -0.2) is 24.5 Å². The fourth-order valence-electron chi connectivity index (χ4n) is 3.60. The Morgan fingerprint density at radius 3 is 2.62 bits per heavy atom. The van der Waals surface area contributed by atoms with Crippen LogP contribution in [0.5, 0.6) is 5.75 Å². The van der Waals surface area contributed by atoms with Crippen LogP contribution in [-0.2, 0) is 4.79 Å². The number of methoxy groups -OCH3 is 1. The molecule has 1 amide bonds. The van der Waals surface area contributed by atoms with Crippen molar-refractivity contribution in [1.29, 1.82) is 0 Å². The van der Waals surface area contributed by atoms with Gasteiger partial charge in [-0.05, 0) is 36.1 Å². The van der Waals surface area contributed by atoms with E-state index >= 15 is 0 Å². The Kier molecular flexibility index (Phi) is 7.06. The SMILES string of the molecule is COc1cccc(C2CCCN2C(=O)C(C)C(N)c2ccccc2)c1.Cl. The van der Waals surface area contributed by atoms with Crippen LogP contribution in [0.2, 0.25) is 0 Å². The molecule has 0 saturated carbocycles. The van der Waals surface area contributed by atoms with Gasteiger partial charge >= 0.3 is 0 Å². The van der Waals surface area contributed by atoms with E-state index in [0.29, 0.717) is 0 Å². The van der Waals surface area contributed by atoms with E-state index in [0.717, 1.165) is 36.3 Å². The minimum absolute atomic E-state index is 0. The second-order valence-electron chi connectivity index (χ2n) is 6.69. The maximum Gasteiger partial charge on any atom is 0.227 e. The molecular weight excluding hydrogens is 348 g/mol. The predicted molar refractivity (Wildman–Crippen MR) is 106 cm³/mol. The van der Waals surface area contributed by atoms with E-state index in [-0.39, 0.29) is 36.3 Å². The van der Waals surface area contributed by atoms with E-state index in [4.69, 9.17) is 10.5 Å². The molecule has 2 aromatic rings. The first-order valence-electron chi connectivity index (χ1n) is 8.86. The molecule has 5 heteroatoms. The predicted octanol–water partition coefficient (Wildman–Crippen LogP) is 4.12. The van der Waals surface area contributed by atoms with Gasteiger partial charge in [0.1, 0.15) is 5.75 Å². The highest BCUT2D eigenvalue weighted by Crippen LogP contribution is 2.35. The minimum Gasteiger partial charge on any atom is -0.497 e. The lowest BCUT2D eigenvalue weighted by Crippen LogP contribution is -2.39. The molecule has 1 aliphatic heterocycles. The molecule has 26 heavy (non-hydrogen) atoms. The molecule has 4 nitrogen and oxygen atoms in total. The van der Waals surface area contributed by atoms with Crippen LogP contribution in [0.4, 0.5) is 0 Å². The number of nitrogens with two attached hydrogens (primary N) is 1. The number of likely N-dealkylation sites (tertiary alicyclic amines) is 1. The molecule has 3 unspecified atom stereocenters. The van der Waals surface area contributed by atoms with Crippen LogP contribution in [0.1, 0.15) is 43.0 Å². The van der Waals surface area contributed by atoms with Gasteiger partial charge in [0.15, 0.2) is 0 Å². The van der Waals surface area contributed by atoms with E-state index in [1.54, 1.807) is 7.11 Å². The number of carbonyl (C=O) groups excluding carboxylic acids is 1. The maximum atomic E-state index is 13.1. The Balaban J connectivity index is 0.00000243. The molecule has 0 aliphatic carbocycles. The molecule has 0 aromatic heterocycles. The van der Waals surface area contributed by atoms with Gasteiger partial charge in [-0.25, -0.2) is 0 Å². The van der Waals surface area contributed by atoms with Gasteiger partial charge in [-0.15, -0.1) is 12.4 Å². The van der Waals surface area contributed by atoms with E-state index < -0.39 is 0 Å². The zero-order valence-electron chi connectivity index (χ0n) is 15.3. The van der Waals surface area contributed by atoms with Crippen molar-refractivity contribution in [1.82, 2.24) is 4.90 Å². The number of hydrogen-bond acceptors (Lipinski definition) is 3. The van der Waals surface area contributed by atoms with Crippen molar-refractivity contribution in [2.45, 2.75) is 31.8 Å². The van der Waals surface area contributed by atoms with Gasteiger partial charge in [0.25, 0.3) is 0 Å². The first kappa shape index (κ1) is 20.3. The quantitative estimate of drug-likeness (QED) is 0.856. The van der Waals surface area contributed by atoms with Crippen LogP contribution in [0.3, 0.4) is 0 Å². The minimum atomic E-state index is -0.291. The Morgan fingerprint density at radius 1 is 1.19 bits per heavy atom. The van der Waals surface area contributed by atoms with Crippen molar-refractivity contribution in [3.63, 3.8) is 0 Å². The summed E-state index contributed by atoms with van der Waals surface area (Å²) in [5.41, 5.74) is 8.50. The standard InChI is InChI=1S/C21H26N2O2.ClH/c1-15(20(22)16-8-4-3-5-9-16)21(24)23-13-7-12-19(23)17-10-6-11-18(14-17)25-2;/h3-6,8-11,14-15,19-20H,7,12-13,22H2,1-2H3;1H. The number of amides is 1. The maximum absolute atomic E-state index is 13.1. The largest absolute Gasteiger partial charge is 0.497 e. The first-order chi connectivity index (χ1) is 12.1. The number of halogens is 1. The lowest BCUT2D eigenvalue weighted by atomic mass is 9.93. The zero-order valence-corrected chi connectivity index (χ0v) is 16.1. The number of nitrogens with zero attached hydrogens (tertiary/aromatic N) is 1. The van der Waals surface area contributed by atoms with E-state index in [9.17, 15) is 4.79 Å². The lowest BCUT2D eigenvalue weighted by Gasteiger charge is -2.30. The van der Waals surface area contributed by atoms with E-state index in [2.05, 4.69) is 6.07 Å². The molecular formula is C21H27ClN2O2. The molecule has 3 atom stereocenters. The Labute approximate surface area is 161 Å². The van der Waals surface area contributed by atoms with Gasteiger partial charge in [0, 0.05) is 12.6 Å². The number of carbonyl (C=O) groups is 1. The van der Waals surface area contributed by atoms with Crippen LogP contribution >= 0.6 is 12.4 Å². The summed E-state index contributed by atoms with van der Waals surface area (Å²) in [4.78, 5) is 15.1. The molecule has 1 fully saturated rings. The fraction of sp³-hybridized carbons (Fsp3) is 0.381. The summed E-state index contributed by atoms with van der Waals surface area (Å²) >= 11 is 0. The van der Waals surface area contributed by atoms with Gasteiger partial charge in [-0.1, -0.05) is 49.4 Å². The topological polar surface area (TPSA) is 55.6 Å². The van der Waals surface area contributed by atoms with Crippen LogP contribution < -0.4 is 10.5 Å². The molecule has 2 aromatic carbocycles. The van der Waals surface area contributed by atoms with Gasteiger partial charge in [-0.3, -0.25) is 4.79 Å². The zero-order chi connectivity index (χ0) is 17.8. The highest BCUT2D eigenvalue weighted by atomic mass is 35.5. The highest BCUT2D eigenvalue weighted by molar-refractivity contribution is 5.85. The smallest absolute Gasteiger partial charge is 0.227 e. The summed E-state index contributed by atoms with van der Waals surface area (Å²) in [6.45, 7) is 2.72. The Morgan fingerprint density at radius 2 is 1.92 bits per heavy atom. The monoisotopic (exact) mass is 374 g/mol. The average Bonchev–Trinajstić information content (AvgIpc) is 3.16. The first-order valence-corrected chi connectivity index (χ1v) is 8.86. The molecule has 3 rings (SSSR count). The summed E-state index contributed by atoms with van der Waals surface area (Å²) < 4.78 is 5.33.